The molecule has 2 aromatic rings. The molecular weight excluding hydrogens is 580 g/mol. The fourth-order valence-corrected chi connectivity index (χ4v) is 4.92. The molecule has 2 rings (SSSR count). The molecule has 252 valence electrons. The molecule has 0 saturated carbocycles. The van der Waals surface area contributed by atoms with Gasteiger partial charge in [-0.1, -0.05) is 119 Å². The molecule has 7 heteroatoms. The monoisotopic (exact) mass is 634 g/mol. The summed E-state index contributed by atoms with van der Waals surface area (Å²) in [5.41, 5.74) is 1.12. The zero-order chi connectivity index (χ0) is 33.5. The number of hydrogen-bond donors (Lipinski definition) is 1. The highest BCUT2D eigenvalue weighted by Crippen LogP contribution is 2.24. The van der Waals surface area contributed by atoms with E-state index in [1.54, 1.807) is 39.0 Å². The summed E-state index contributed by atoms with van der Waals surface area (Å²) < 4.78 is 16.5. The van der Waals surface area contributed by atoms with E-state index in [4.69, 9.17) is 19.3 Å². The Hall–Kier alpha value is -3.79. The minimum atomic E-state index is -0.687. The first-order valence-corrected chi connectivity index (χ1v) is 17.0. The first-order valence-electron chi connectivity index (χ1n) is 17.0. The van der Waals surface area contributed by atoms with Gasteiger partial charge in [-0.2, -0.15) is 0 Å². The van der Waals surface area contributed by atoms with Crippen molar-refractivity contribution < 1.29 is 33.7 Å². The van der Waals surface area contributed by atoms with Gasteiger partial charge in [-0.25, -0.2) is 9.59 Å². The highest BCUT2D eigenvalue weighted by molar-refractivity contribution is 5.93. The minimum Gasteiger partial charge on any atom is -0.481 e. The maximum atomic E-state index is 13.0. The quantitative estimate of drug-likeness (QED) is 0.0782. The van der Waals surface area contributed by atoms with Gasteiger partial charge >= 0.3 is 17.9 Å². The lowest BCUT2D eigenvalue weighted by Crippen LogP contribution is -2.24. The number of unbranched alkanes of at least 4 members (excludes halogenated alkanes) is 14. The minimum absolute atomic E-state index is 0.151. The number of carbonyl (C=O) groups excluding carboxylic acids is 2. The molecule has 46 heavy (non-hydrogen) atoms. The molecule has 0 unspecified atom stereocenters. The van der Waals surface area contributed by atoms with Crippen LogP contribution in [0.1, 0.15) is 145 Å². The van der Waals surface area contributed by atoms with Crippen LogP contribution >= 0.6 is 0 Å². The van der Waals surface area contributed by atoms with E-state index in [-0.39, 0.29) is 24.5 Å². The second-order valence-electron chi connectivity index (χ2n) is 12.8. The second-order valence-corrected chi connectivity index (χ2v) is 12.8. The average Bonchev–Trinajstić information content (AvgIpc) is 3.02. The summed E-state index contributed by atoms with van der Waals surface area (Å²) in [7, 11) is 0. The molecule has 2 aromatic carbocycles. The molecule has 0 aliphatic rings. The zero-order valence-electron chi connectivity index (χ0n) is 28.2. The molecule has 0 aliphatic heterocycles. The Bertz CT molecular complexity index is 1230. The van der Waals surface area contributed by atoms with E-state index in [9.17, 15) is 14.4 Å². The summed E-state index contributed by atoms with van der Waals surface area (Å²) in [4.78, 5) is 35.7. The molecule has 1 N–H and O–H groups in total. The van der Waals surface area contributed by atoms with Crippen LogP contribution in [0.3, 0.4) is 0 Å². The Morgan fingerprint density at radius 3 is 1.87 bits per heavy atom. The van der Waals surface area contributed by atoms with Crippen molar-refractivity contribution in [1.82, 2.24) is 0 Å². The predicted molar refractivity (Wildman–Crippen MR) is 182 cm³/mol. The molecule has 0 fully saturated rings. The Balaban J connectivity index is 1.67. The average molecular weight is 635 g/mol. The number of aliphatic carboxylic acids is 1. The van der Waals surface area contributed by atoms with Gasteiger partial charge in [0, 0.05) is 18.4 Å². The third-order valence-electron chi connectivity index (χ3n) is 7.36. The van der Waals surface area contributed by atoms with E-state index in [2.05, 4.69) is 11.8 Å². The number of carboxylic acid groups (broad SMARTS) is 1. The van der Waals surface area contributed by atoms with Crippen LogP contribution in [0.2, 0.25) is 0 Å². The van der Waals surface area contributed by atoms with Crippen molar-refractivity contribution in [3.63, 3.8) is 0 Å². The van der Waals surface area contributed by atoms with Gasteiger partial charge in [0.25, 0.3) is 0 Å². The number of benzene rings is 2. The van der Waals surface area contributed by atoms with E-state index in [0.29, 0.717) is 12.0 Å². The standard InChI is InChI=1S/C39H54O7/c1-39(2,3)46-38(43)34-29-32(27-28-35(34)44-31-37(42)45-30-33-24-20-18-21-25-33)23-19-16-14-12-10-8-6-4-5-7-9-11-13-15-17-22-26-36(40)41/h18,20-21,24-25,27-29H,4-17,22,26,30-31H2,1-3H3,(H,40,41). The summed E-state index contributed by atoms with van der Waals surface area (Å²) in [5, 5.41) is 8.66. The molecule has 0 amide bonds. The summed E-state index contributed by atoms with van der Waals surface area (Å²) >= 11 is 0. The number of hydrogen-bond acceptors (Lipinski definition) is 6. The number of ether oxygens (including phenoxy) is 3. The number of esters is 2. The lowest BCUT2D eigenvalue weighted by atomic mass is 10.0. The van der Waals surface area contributed by atoms with Crippen molar-refractivity contribution in [2.75, 3.05) is 6.61 Å². The maximum Gasteiger partial charge on any atom is 0.344 e. The molecule has 0 heterocycles. The van der Waals surface area contributed by atoms with Gasteiger partial charge in [0.05, 0.1) is 0 Å². The van der Waals surface area contributed by atoms with Crippen molar-refractivity contribution in [3.05, 3.63) is 65.2 Å². The summed E-state index contributed by atoms with van der Waals surface area (Å²) in [6.45, 7) is 5.23. The molecule has 0 aromatic heterocycles. The van der Waals surface area contributed by atoms with Gasteiger partial charge in [0.2, 0.25) is 0 Å². The molecule has 0 atom stereocenters. The Kier molecular flexibility index (Phi) is 18.9. The molecule has 0 saturated heterocycles. The number of rotatable bonds is 22. The third-order valence-corrected chi connectivity index (χ3v) is 7.36. The number of carbonyl (C=O) groups is 3. The predicted octanol–water partition coefficient (Wildman–Crippen LogP) is 9.44. The van der Waals surface area contributed by atoms with Gasteiger partial charge in [-0.15, -0.1) is 0 Å². The first-order chi connectivity index (χ1) is 22.1. The second kappa shape index (κ2) is 22.7. The molecule has 0 radical (unpaired) electrons. The Morgan fingerprint density at radius 1 is 0.739 bits per heavy atom. The molecule has 0 aliphatic carbocycles. The van der Waals surface area contributed by atoms with E-state index in [0.717, 1.165) is 44.1 Å². The van der Waals surface area contributed by atoms with Crippen molar-refractivity contribution >= 4 is 17.9 Å². The molecular formula is C39H54O7. The topological polar surface area (TPSA) is 99.1 Å². The van der Waals surface area contributed by atoms with Crippen LogP contribution in [0.15, 0.2) is 48.5 Å². The van der Waals surface area contributed by atoms with Crippen molar-refractivity contribution in [1.29, 1.82) is 0 Å². The van der Waals surface area contributed by atoms with Crippen molar-refractivity contribution in [2.45, 2.75) is 136 Å². The summed E-state index contributed by atoms with van der Waals surface area (Å²) in [6.07, 6.45) is 17.7. The lowest BCUT2D eigenvalue weighted by molar-refractivity contribution is -0.147. The van der Waals surface area contributed by atoms with Gasteiger partial charge in [0.1, 0.15) is 23.5 Å². The highest BCUT2D eigenvalue weighted by atomic mass is 16.6. The van der Waals surface area contributed by atoms with Crippen molar-refractivity contribution in [3.8, 4) is 17.6 Å². The fraction of sp³-hybridized carbons (Fsp3) is 0.564. The van der Waals surface area contributed by atoms with Crippen LogP contribution in [0.4, 0.5) is 0 Å². The van der Waals surface area contributed by atoms with E-state index in [1.165, 1.54) is 57.8 Å². The molecule has 0 bridgehead atoms. The molecule has 0 spiro atoms. The smallest absolute Gasteiger partial charge is 0.344 e. The molecule has 7 nitrogen and oxygen atoms in total. The van der Waals surface area contributed by atoms with E-state index >= 15 is 0 Å². The van der Waals surface area contributed by atoms with Crippen molar-refractivity contribution in [2.24, 2.45) is 0 Å². The summed E-state index contributed by atoms with van der Waals surface area (Å²) in [5.74, 6) is 4.89. The van der Waals surface area contributed by atoms with E-state index < -0.39 is 23.5 Å². The normalized spacial score (nSPS) is 10.9. The van der Waals surface area contributed by atoms with Crippen LogP contribution in [0.5, 0.6) is 5.75 Å². The highest BCUT2D eigenvalue weighted by Gasteiger charge is 2.22. The van der Waals surface area contributed by atoms with Crippen LogP contribution in [0.25, 0.3) is 0 Å². The Labute approximate surface area is 276 Å². The maximum absolute atomic E-state index is 13.0. The van der Waals surface area contributed by atoms with Crippen LogP contribution < -0.4 is 4.74 Å². The van der Waals surface area contributed by atoms with Crippen LogP contribution in [0, 0.1) is 11.8 Å². The Morgan fingerprint density at radius 2 is 1.30 bits per heavy atom. The largest absolute Gasteiger partial charge is 0.481 e. The number of carboxylic acids is 1. The zero-order valence-corrected chi connectivity index (χ0v) is 28.2. The van der Waals surface area contributed by atoms with Gasteiger partial charge in [-0.3, -0.25) is 4.79 Å². The van der Waals surface area contributed by atoms with Crippen LogP contribution in [-0.4, -0.2) is 35.2 Å². The third kappa shape index (κ3) is 18.9. The van der Waals surface area contributed by atoms with Gasteiger partial charge < -0.3 is 19.3 Å². The van der Waals surface area contributed by atoms with Gasteiger partial charge in [0.15, 0.2) is 6.61 Å². The summed E-state index contributed by atoms with van der Waals surface area (Å²) in [6, 6.07) is 14.5. The van der Waals surface area contributed by atoms with Crippen LogP contribution in [-0.2, 0) is 25.7 Å². The lowest BCUT2D eigenvalue weighted by Gasteiger charge is -2.20. The van der Waals surface area contributed by atoms with Gasteiger partial charge in [-0.05, 0) is 57.4 Å². The SMILES string of the molecule is CC(C)(C)OC(=O)c1cc(C#CCCCCCCCCCCCCCCCCC(=O)O)ccc1OCC(=O)OCc1ccccc1. The fourth-order valence-electron chi connectivity index (χ4n) is 4.92. The first kappa shape index (κ1) is 38.4. The van der Waals surface area contributed by atoms with E-state index in [1.807, 2.05) is 30.3 Å².